The largest absolute Gasteiger partial charge is 0.385 e. The standard InChI is InChI=1S/C31H38N2O5/c1-18-7-6-9-22-28(24(35)11-12-25(36)29(37)19(2)13-18)31(3,15-26-30(22)38-26)27(33-17-34)14-20-16-32-23-10-5-4-8-21(20)23/h4-6,8-10,13,16-18,22,25-28,30,32,36H,7,11-12,14-15H2,1-3H3,(H,33,34)/b9-6+,19-13+/t18?,22?,25-,26+,27-,28-,30-,31-/m0/s1. The summed E-state index contributed by atoms with van der Waals surface area (Å²) in [5.74, 6) is -0.738. The topological polar surface area (TPSA) is 112 Å². The van der Waals surface area contributed by atoms with E-state index in [1.807, 2.05) is 37.4 Å². The summed E-state index contributed by atoms with van der Waals surface area (Å²) >= 11 is 0. The minimum atomic E-state index is -1.20. The molecule has 38 heavy (non-hydrogen) atoms. The Morgan fingerprint density at radius 3 is 2.87 bits per heavy atom. The number of para-hydroxylation sites is 1. The number of aromatic nitrogens is 1. The van der Waals surface area contributed by atoms with Gasteiger partial charge in [-0.1, -0.05) is 50.3 Å². The number of H-pyrrole nitrogens is 1. The highest BCUT2D eigenvalue weighted by Gasteiger charge is 2.62. The molecule has 7 heteroatoms. The van der Waals surface area contributed by atoms with Crippen LogP contribution >= 0.6 is 0 Å². The van der Waals surface area contributed by atoms with Gasteiger partial charge in [-0.15, -0.1) is 0 Å². The number of ketones is 2. The van der Waals surface area contributed by atoms with Crippen LogP contribution in [0.15, 0.2) is 54.3 Å². The predicted molar refractivity (Wildman–Crippen MR) is 145 cm³/mol. The summed E-state index contributed by atoms with van der Waals surface area (Å²) in [6.45, 7) is 5.87. The SMILES string of the molecule is C/C1=C\C(C)C/C=C/C2[C@@H](C(=O)CC[C@H](O)C1=O)[C@](C)([C@H](Cc1c[nH]c3ccccc13)NC=O)C[C@H]1O[C@@H]21. The minimum absolute atomic E-state index is 0.00787. The summed E-state index contributed by atoms with van der Waals surface area (Å²) < 4.78 is 6.11. The number of allylic oxidation sites excluding steroid dienone is 2. The van der Waals surface area contributed by atoms with Crippen molar-refractivity contribution in [1.82, 2.24) is 10.3 Å². The van der Waals surface area contributed by atoms with Crippen molar-refractivity contribution in [2.24, 2.45) is 23.2 Å². The molecule has 7 nitrogen and oxygen atoms in total. The molecular formula is C31H38N2O5. The normalized spacial score (nSPS) is 36.9. The molecule has 3 aliphatic rings. The highest BCUT2D eigenvalue weighted by Crippen LogP contribution is 2.56. The summed E-state index contributed by atoms with van der Waals surface area (Å²) in [7, 11) is 0. The van der Waals surface area contributed by atoms with E-state index in [1.165, 1.54) is 0 Å². The summed E-state index contributed by atoms with van der Waals surface area (Å²) in [6.07, 6.45) is 9.79. The number of rotatable bonds is 5. The van der Waals surface area contributed by atoms with Crippen molar-refractivity contribution in [2.75, 3.05) is 0 Å². The Kier molecular flexibility index (Phi) is 7.43. The Hall–Kier alpha value is -3.03. The number of epoxide rings is 1. The van der Waals surface area contributed by atoms with Crippen molar-refractivity contribution >= 4 is 28.9 Å². The van der Waals surface area contributed by atoms with Crippen LogP contribution in [0.4, 0.5) is 0 Å². The van der Waals surface area contributed by atoms with Gasteiger partial charge in [0, 0.05) is 46.8 Å². The van der Waals surface area contributed by atoms with Gasteiger partial charge in [0.05, 0.1) is 12.2 Å². The lowest BCUT2D eigenvalue weighted by Crippen LogP contribution is -2.56. The zero-order valence-electron chi connectivity index (χ0n) is 22.4. The van der Waals surface area contributed by atoms with E-state index in [4.69, 9.17) is 4.74 Å². The number of hydrogen-bond donors (Lipinski definition) is 3. The van der Waals surface area contributed by atoms with Gasteiger partial charge in [-0.25, -0.2) is 0 Å². The smallest absolute Gasteiger partial charge is 0.207 e. The lowest BCUT2D eigenvalue weighted by Gasteiger charge is -2.47. The third kappa shape index (κ3) is 5.02. The number of hydrogen-bond acceptors (Lipinski definition) is 5. The zero-order chi connectivity index (χ0) is 27.0. The fourth-order valence-electron chi connectivity index (χ4n) is 6.95. The molecule has 2 heterocycles. The van der Waals surface area contributed by atoms with Gasteiger partial charge < -0.3 is 20.1 Å². The Labute approximate surface area is 223 Å². The van der Waals surface area contributed by atoms with Crippen LogP contribution in [-0.2, 0) is 25.5 Å². The first-order valence-electron chi connectivity index (χ1n) is 13.7. The minimum Gasteiger partial charge on any atom is -0.385 e. The number of fused-ring (bicyclic) bond motifs is 4. The van der Waals surface area contributed by atoms with E-state index < -0.39 is 17.4 Å². The maximum absolute atomic E-state index is 14.0. The predicted octanol–water partition coefficient (Wildman–Crippen LogP) is 4.06. The van der Waals surface area contributed by atoms with Crippen LogP contribution in [0.1, 0.15) is 52.0 Å². The first-order valence-corrected chi connectivity index (χ1v) is 13.7. The second kappa shape index (κ2) is 10.6. The second-order valence-electron chi connectivity index (χ2n) is 11.7. The van der Waals surface area contributed by atoms with E-state index in [0.717, 1.165) is 29.3 Å². The molecule has 8 atom stereocenters. The van der Waals surface area contributed by atoms with E-state index in [1.54, 1.807) is 6.92 Å². The molecule has 2 unspecified atom stereocenters. The molecule has 1 aromatic carbocycles. The summed E-state index contributed by atoms with van der Waals surface area (Å²) in [5.41, 5.74) is 2.06. The van der Waals surface area contributed by atoms with Crippen LogP contribution in [0, 0.1) is 23.2 Å². The number of aromatic amines is 1. The Morgan fingerprint density at radius 1 is 1.29 bits per heavy atom. The molecule has 0 spiro atoms. The Bertz CT molecular complexity index is 1280. The molecule has 2 aromatic rings. The number of benzene rings is 1. The summed E-state index contributed by atoms with van der Waals surface area (Å²) in [5, 5.41) is 14.8. The van der Waals surface area contributed by atoms with Gasteiger partial charge >= 0.3 is 0 Å². The number of ether oxygens (including phenoxy) is 1. The molecule has 2 aliphatic carbocycles. The van der Waals surface area contributed by atoms with Gasteiger partial charge in [-0.05, 0) is 55.7 Å². The van der Waals surface area contributed by atoms with E-state index >= 15 is 0 Å². The van der Waals surface area contributed by atoms with Crippen molar-refractivity contribution < 1.29 is 24.2 Å². The molecule has 0 bridgehead atoms. The van der Waals surface area contributed by atoms with Crippen LogP contribution in [0.3, 0.4) is 0 Å². The van der Waals surface area contributed by atoms with Gasteiger partial charge in [0.1, 0.15) is 11.9 Å². The Balaban J connectivity index is 1.51. The number of aliphatic hydroxyl groups excluding tert-OH is 1. The van der Waals surface area contributed by atoms with Crippen LogP contribution in [0.2, 0.25) is 0 Å². The number of Topliss-reactive ketones (excluding diaryl/α,β-unsaturated/α-hetero) is 2. The van der Waals surface area contributed by atoms with Crippen LogP contribution in [-0.4, -0.2) is 52.4 Å². The van der Waals surface area contributed by atoms with Gasteiger partial charge in [0.15, 0.2) is 5.78 Å². The molecule has 5 rings (SSSR count). The van der Waals surface area contributed by atoms with Crippen molar-refractivity contribution in [1.29, 1.82) is 0 Å². The third-order valence-corrected chi connectivity index (χ3v) is 9.00. The quantitative estimate of drug-likeness (QED) is 0.314. The highest BCUT2D eigenvalue weighted by molar-refractivity contribution is 5.98. The molecule has 1 saturated heterocycles. The number of carbonyl (C=O) groups is 3. The van der Waals surface area contributed by atoms with Crippen LogP contribution in [0.25, 0.3) is 10.9 Å². The maximum Gasteiger partial charge on any atom is 0.207 e. The lowest BCUT2D eigenvalue weighted by atomic mass is 9.56. The average molecular weight is 519 g/mol. The fraction of sp³-hybridized carbons (Fsp3) is 0.516. The number of nitrogens with one attached hydrogen (secondary N) is 2. The zero-order valence-corrected chi connectivity index (χ0v) is 22.4. The fourth-order valence-corrected chi connectivity index (χ4v) is 6.95. The van der Waals surface area contributed by atoms with Gasteiger partial charge in [-0.3, -0.25) is 14.4 Å². The second-order valence-corrected chi connectivity index (χ2v) is 11.7. The molecule has 202 valence electrons. The number of amides is 1. The summed E-state index contributed by atoms with van der Waals surface area (Å²) in [4.78, 5) is 41.9. The molecule has 2 fully saturated rings. The van der Waals surface area contributed by atoms with Crippen LogP contribution in [0.5, 0.6) is 0 Å². The number of carbonyl (C=O) groups excluding carboxylic acids is 3. The van der Waals surface area contributed by atoms with E-state index in [0.29, 0.717) is 18.4 Å². The molecule has 1 aromatic heterocycles. The molecular weight excluding hydrogens is 480 g/mol. The van der Waals surface area contributed by atoms with E-state index in [-0.39, 0.29) is 54.5 Å². The first kappa shape index (κ1) is 26.6. The highest BCUT2D eigenvalue weighted by atomic mass is 16.6. The van der Waals surface area contributed by atoms with Crippen LogP contribution < -0.4 is 5.32 Å². The monoisotopic (exact) mass is 518 g/mol. The molecule has 1 aliphatic heterocycles. The van der Waals surface area contributed by atoms with Gasteiger partial charge in [-0.2, -0.15) is 0 Å². The molecule has 1 saturated carbocycles. The molecule has 0 radical (unpaired) electrons. The van der Waals surface area contributed by atoms with Crippen molar-refractivity contribution in [3.8, 4) is 0 Å². The van der Waals surface area contributed by atoms with E-state index in [2.05, 4.69) is 35.4 Å². The Morgan fingerprint density at radius 2 is 2.08 bits per heavy atom. The van der Waals surface area contributed by atoms with Crippen molar-refractivity contribution in [2.45, 2.75) is 77.2 Å². The van der Waals surface area contributed by atoms with Gasteiger partial charge in [0.25, 0.3) is 0 Å². The summed E-state index contributed by atoms with van der Waals surface area (Å²) in [6, 6.07) is 7.76. The van der Waals surface area contributed by atoms with Crippen molar-refractivity contribution in [3.05, 3.63) is 59.8 Å². The number of aliphatic hydroxyl groups is 1. The maximum atomic E-state index is 14.0. The third-order valence-electron chi connectivity index (χ3n) is 9.00. The van der Waals surface area contributed by atoms with Gasteiger partial charge in [0.2, 0.25) is 6.41 Å². The average Bonchev–Trinajstić information content (AvgIpc) is 3.55. The first-order chi connectivity index (χ1) is 18.2. The molecule has 1 amide bonds. The lowest BCUT2D eigenvalue weighted by molar-refractivity contribution is -0.133. The van der Waals surface area contributed by atoms with Crippen molar-refractivity contribution in [3.63, 3.8) is 0 Å². The molecule has 3 N–H and O–H groups in total. The van der Waals surface area contributed by atoms with E-state index in [9.17, 15) is 19.5 Å².